The van der Waals surface area contributed by atoms with Crippen molar-refractivity contribution < 1.29 is 32.5 Å². The van der Waals surface area contributed by atoms with Crippen LogP contribution >= 0.6 is 0 Å². The van der Waals surface area contributed by atoms with Gasteiger partial charge < -0.3 is 24.1 Å². The number of aromatic nitrogens is 4. The number of ether oxygens (including phenoxy) is 4. The molecule has 0 saturated carbocycles. The zero-order chi connectivity index (χ0) is 28.2. The van der Waals surface area contributed by atoms with E-state index in [2.05, 4.69) is 19.9 Å². The van der Waals surface area contributed by atoms with Crippen molar-refractivity contribution in [2.24, 2.45) is 0 Å². The number of rotatable bonds is 11. The quantitative estimate of drug-likeness (QED) is 0.283. The van der Waals surface area contributed by atoms with Crippen molar-refractivity contribution in [3.8, 4) is 40.3 Å². The second-order valence-electron chi connectivity index (χ2n) is 8.30. The molecule has 0 fully saturated rings. The molecule has 206 valence electrons. The number of pyridine rings is 1. The van der Waals surface area contributed by atoms with E-state index in [0.717, 1.165) is 0 Å². The molecule has 12 nitrogen and oxygen atoms in total. The zero-order valence-electron chi connectivity index (χ0n) is 22.0. The lowest BCUT2D eigenvalue weighted by atomic mass is 10.1. The number of methoxy groups -OCH3 is 4. The van der Waals surface area contributed by atoms with Crippen LogP contribution in [0.5, 0.6) is 23.1 Å². The van der Waals surface area contributed by atoms with E-state index >= 15 is 0 Å². The summed E-state index contributed by atoms with van der Waals surface area (Å²) < 4.78 is 52.7. The fourth-order valence-corrected chi connectivity index (χ4v) is 5.05. The van der Waals surface area contributed by atoms with Gasteiger partial charge in [-0.15, -0.1) is 10.2 Å². The summed E-state index contributed by atoms with van der Waals surface area (Å²) in [5.41, 5.74) is 1.01. The van der Waals surface area contributed by atoms with Crippen molar-refractivity contribution in [2.75, 3.05) is 33.2 Å². The van der Waals surface area contributed by atoms with E-state index in [9.17, 15) is 13.5 Å². The summed E-state index contributed by atoms with van der Waals surface area (Å²) in [6.45, 7) is 1.38. The van der Waals surface area contributed by atoms with Gasteiger partial charge in [0.25, 0.3) is 0 Å². The van der Waals surface area contributed by atoms with E-state index in [0.29, 0.717) is 40.1 Å². The van der Waals surface area contributed by atoms with Crippen LogP contribution in [0.3, 0.4) is 0 Å². The molecule has 4 rings (SSSR count). The maximum atomic E-state index is 13.6. The lowest BCUT2D eigenvalue weighted by Crippen LogP contribution is -2.32. The number of anilines is 1. The van der Waals surface area contributed by atoms with Crippen LogP contribution in [-0.4, -0.2) is 67.0 Å². The molecule has 0 bridgehead atoms. The highest BCUT2D eigenvalue weighted by atomic mass is 32.2. The molecule has 0 radical (unpaired) electrons. The molecule has 2 aromatic carbocycles. The molecule has 13 heteroatoms. The Morgan fingerprint density at radius 2 is 1.44 bits per heavy atom. The predicted molar refractivity (Wildman–Crippen MR) is 144 cm³/mol. The molecule has 0 aliphatic carbocycles. The first kappa shape index (κ1) is 27.7. The highest BCUT2D eigenvalue weighted by molar-refractivity contribution is 7.93. The van der Waals surface area contributed by atoms with Gasteiger partial charge in [0.1, 0.15) is 40.0 Å². The van der Waals surface area contributed by atoms with Crippen LogP contribution < -0.4 is 23.7 Å². The van der Waals surface area contributed by atoms with Crippen LogP contribution in [0.25, 0.3) is 17.2 Å². The van der Waals surface area contributed by atoms with Gasteiger partial charge in [-0.1, -0.05) is 30.3 Å². The van der Waals surface area contributed by atoms with Gasteiger partial charge >= 0.3 is 0 Å². The second kappa shape index (κ2) is 11.6. The first-order valence-corrected chi connectivity index (χ1v) is 13.3. The van der Waals surface area contributed by atoms with Crippen LogP contribution in [0.4, 0.5) is 5.95 Å². The minimum absolute atomic E-state index is 0.170. The highest BCUT2D eigenvalue weighted by Gasteiger charge is 2.33. The number of nitrogens with one attached hydrogen (secondary N) is 1. The molecule has 0 aliphatic rings. The Balaban J connectivity index is 1.85. The van der Waals surface area contributed by atoms with Crippen molar-refractivity contribution in [3.05, 3.63) is 66.2 Å². The normalized spacial score (nSPS) is 12.9. The Morgan fingerprint density at radius 1 is 0.821 bits per heavy atom. The number of hydrogen-bond donors (Lipinski definition) is 2. The summed E-state index contributed by atoms with van der Waals surface area (Å²) in [5, 5.41) is 18.1. The average Bonchev–Trinajstić information content (AvgIpc) is 3.37. The van der Waals surface area contributed by atoms with Gasteiger partial charge in [0.05, 0.1) is 28.4 Å². The summed E-state index contributed by atoms with van der Waals surface area (Å²) >= 11 is 0. The average molecular weight is 556 g/mol. The molecule has 0 unspecified atom stereocenters. The van der Waals surface area contributed by atoms with E-state index in [1.54, 1.807) is 60.7 Å². The Labute approximate surface area is 226 Å². The zero-order valence-corrected chi connectivity index (χ0v) is 22.8. The number of hydrogen-bond acceptors (Lipinski definition) is 10. The van der Waals surface area contributed by atoms with Gasteiger partial charge in [-0.2, -0.15) is 0 Å². The van der Waals surface area contributed by atoms with Crippen LogP contribution in [0.2, 0.25) is 0 Å². The largest absolute Gasteiger partial charge is 0.496 e. The first-order valence-electron chi connectivity index (χ1n) is 11.8. The van der Waals surface area contributed by atoms with Gasteiger partial charge in [0.2, 0.25) is 21.9 Å². The number of nitrogens with zero attached hydrogens (tertiary/aromatic N) is 4. The highest BCUT2D eigenvalue weighted by Crippen LogP contribution is 2.38. The maximum absolute atomic E-state index is 13.6. The molecular formula is C26H29N5O7S. The summed E-state index contributed by atoms with van der Waals surface area (Å²) in [7, 11) is 1.63. The van der Waals surface area contributed by atoms with Gasteiger partial charge in [-0.05, 0) is 31.2 Å². The van der Waals surface area contributed by atoms with Crippen molar-refractivity contribution >= 4 is 16.0 Å². The topological polar surface area (TPSA) is 147 Å². The molecule has 39 heavy (non-hydrogen) atoms. The maximum Gasteiger partial charge on any atom is 0.243 e. The van der Waals surface area contributed by atoms with Crippen molar-refractivity contribution in [3.63, 3.8) is 0 Å². The third kappa shape index (κ3) is 5.45. The number of sulfonamides is 1. The van der Waals surface area contributed by atoms with Crippen LogP contribution in [0.1, 0.15) is 18.6 Å². The molecule has 0 spiro atoms. The molecule has 0 aliphatic heterocycles. The minimum atomic E-state index is -4.24. The number of aliphatic hydroxyl groups excluding tert-OH is 1. The summed E-state index contributed by atoms with van der Waals surface area (Å²) in [4.78, 5) is 4.43. The fraction of sp³-hybridized carbons (Fsp3) is 0.269. The van der Waals surface area contributed by atoms with Gasteiger partial charge in [0, 0.05) is 11.6 Å². The molecule has 4 aromatic rings. The van der Waals surface area contributed by atoms with E-state index < -0.39 is 21.4 Å². The van der Waals surface area contributed by atoms with Gasteiger partial charge in [0.15, 0.2) is 5.82 Å². The Hall–Kier alpha value is -4.36. The number of benzene rings is 2. The van der Waals surface area contributed by atoms with Crippen molar-refractivity contribution in [1.29, 1.82) is 0 Å². The van der Waals surface area contributed by atoms with E-state index in [-0.39, 0.29) is 11.8 Å². The molecule has 0 saturated heterocycles. The summed E-state index contributed by atoms with van der Waals surface area (Å²) in [6.07, 6.45) is -1.41. The second-order valence-corrected chi connectivity index (χ2v) is 10.3. The van der Waals surface area contributed by atoms with E-state index in [1.807, 2.05) is 0 Å². The van der Waals surface area contributed by atoms with Crippen LogP contribution in [0, 0.1) is 0 Å². The van der Waals surface area contributed by atoms with Crippen molar-refractivity contribution in [2.45, 2.75) is 18.3 Å². The predicted octanol–water partition coefficient (Wildman–Crippen LogP) is 3.23. The third-order valence-electron chi connectivity index (χ3n) is 6.08. The van der Waals surface area contributed by atoms with E-state index in [4.69, 9.17) is 18.9 Å². The minimum Gasteiger partial charge on any atom is -0.496 e. The van der Waals surface area contributed by atoms with E-state index in [1.165, 1.54) is 39.9 Å². The lowest BCUT2D eigenvalue weighted by Gasteiger charge is -2.22. The van der Waals surface area contributed by atoms with Gasteiger partial charge in [-0.25, -0.2) is 13.4 Å². The lowest BCUT2D eigenvalue weighted by molar-refractivity contribution is 0.172. The first-order chi connectivity index (χ1) is 18.7. The Kier molecular flexibility index (Phi) is 8.21. The molecule has 2 N–H and O–H groups in total. The monoisotopic (exact) mass is 555 g/mol. The smallest absolute Gasteiger partial charge is 0.243 e. The Bertz CT molecular complexity index is 1540. The number of para-hydroxylation sites is 2. The fourth-order valence-electron chi connectivity index (χ4n) is 3.99. The molecule has 2 heterocycles. The number of aliphatic hydroxyl groups is 1. The SMILES string of the molecule is COc1cccc(-c2nnc(NS(=O)(=O)[C@@H](C)[C@H](O)c3ccccc3OC)n2-c2c(OC)cccc2OC)n1. The Morgan fingerprint density at radius 3 is 2.08 bits per heavy atom. The molecule has 2 atom stereocenters. The van der Waals surface area contributed by atoms with Crippen molar-refractivity contribution in [1.82, 2.24) is 19.7 Å². The standard InChI is InChI=1S/C26H29N5O7S/c1-16(24(32)17-10-6-7-12-19(17)35-2)39(33,34)30-26-29-28-25(18-11-8-15-22(27-18)38-5)31(26)23-20(36-3)13-9-14-21(23)37-4/h6-16,24,32H,1-5H3,(H,29,30)/t16-,24-/m0/s1. The van der Waals surface area contributed by atoms with Gasteiger partial charge in [-0.3, -0.25) is 9.29 Å². The third-order valence-corrected chi connectivity index (χ3v) is 7.78. The molecule has 2 aromatic heterocycles. The van der Waals surface area contributed by atoms with Crippen LogP contribution in [-0.2, 0) is 10.0 Å². The van der Waals surface area contributed by atoms with Crippen LogP contribution in [0.15, 0.2) is 60.7 Å². The summed E-state index contributed by atoms with van der Waals surface area (Å²) in [5.74, 6) is 1.43. The molecule has 0 amide bonds. The summed E-state index contributed by atoms with van der Waals surface area (Å²) in [6, 6.07) is 16.8. The molecular weight excluding hydrogens is 526 g/mol.